The van der Waals surface area contributed by atoms with Gasteiger partial charge in [0.2, 0.25) is 11.3 Å². The summed E-state index contributed by atoms with van der Waals surface area (Å²) in [6.45, 7) is 3.02. The van der Waals surface area contributed by atoms with Gasteiger partial charge < -0.3 is 9.88 Å². The number of nitrogens with zero attached hydrogens (tertiary/aromatic N) is 1. The van der Waals surface area contributed by atoms with Gasteiger partial charge in [-0.2, -0.15) is 0 Å². The molecule has 1 amide bonds. The van der Waals surface area contributed by atoms with Gasteiger partial charge in [0.15, 0.2) is 0 Å². The lowest BCUT2D eigenvalue weighted by Crippen LogP contribution is -2.28. The molecular weight excluding hydrogens is 336 g/mol. The quantitative estimate of drug-likeness (QED) is 0.683. The van der Waals surface area contributed by atoms with Crippen LogP contribution in [0.2, 0.25) is 0 Å². The molecule has 0 bridgehead atoms. The van der Waals surface area contributed by atoms with Crippen molar-refractivity contribution in [2.75, 3.05) is 5.32 Å². The van der Waals surface area contributed by atoms with Crippen molar-refractivity contribution < 1.29 is 4.79 Å². The van der Waals surface area contributed by atoms with Crippen LogP contribution in [-0.2, 0) is 11.3 Å². The second kappa shape index (κ2) is 9.54. The van der Waals surface area contributed by atoms with Gasteiger partial charge >= 0.3 is 0 Å². The van der Waals surface area contributed by atoms with Crippen molar-refractivity contribution in [3.05, 3.63) is 52.8 Å². The molecule has 144 valence electrons. The Kier molecular flexibility index (Phi) is 6.86. The third kappa shape index (κ3) is 5.09. The molecule has 1 aliphatic rings. The molecule has 3 rings (SSSR count). The molecule has 0 spiro atoms. The van der Waals surface area contributed by atoms with Crippen LogP contribution in [0.4, 0.5) is 5.69 Å². The maximum Gasteiger partial charge on any atom is 0.227 e. The molecule has 1 N–H and O–H groups in total. The van der Waals surface area contributed by atoms with Crippen LogP contribution in [0.25, 0.3) is 11.3 Å². The van der Waals surface area contributed by atoms with Gasteiger partial charge in [-0.05, 0) is 24.8 Å². The molecule has 0 aliphatic heterocycles. The SMILES string of the molecule is CCCCCn1cc(NC(=O)C2CCCCC2)c(=O)cc1-c1ccccc1. The molecule has 1 aromatic heterocycles. The van der Waals surface area contributed by atoms with Gasteiger partial charge in [-0.25, -0.2) is 0 Å². The molecule has 2 aromatic rings. The summed E-state index contributed by atoms with van der Waals surface area (Å²) in [7, 11) is 0. The lowest BCUT2D eigenvalue weighted by molar-refractivity contribution is -0.120. The van der Waals surface area contributed by atoms with Crippen LogP contribution in [0.15, 0.2) is 47.4 Å². The molecule has 27 heavy (non-hydrogen) atoms. The van der Waals surface area contributed by atoms with Crippen LogP contribution in [0, 0.1) is 5.92 Å². The highest BCUT2D eigenvalue weighted by atomic mass is 16.2. The van der Waals surface area contributed by atoms with Crippen molar-refractivity contribution in [1.29, 1.82) is 0 Å². The van der Waals surface area contributed by atoms with Gasteiger partial charge in [0, 0.05) is 24.7 Å². The summed E-state index contributed by atoms with van der Waals surface area (Å²) in [4.78, 5) is 25.3. The first kappa shape index (κ1) is 19.4. The van der Waals surface area contributed by atoms with E-state index < -0.39 is 0 Å². The van der Waals surface area contributed by atoms with E-state index in [2.05, 4.69) is 16.8 Å². The van der Waals surface area contributed by atoms with E-state index in [0.717, 1.165) is 62.7 Å². The molecule has 0 unspecified atom stereocenters. The maximum atomic E-state index is 12.7. The largest absolute Gasteiger partial charge is 0.345 e. The van der Waals surface area contributed by atoms with E-state index in [1.165, 1.54) is 6.42 Å². The molecule has 1 fully saturated rings. The minimum absolute atomic E-state index is 0.000584. The molecule has 1 saturated carbocycles. The Morgan fingerprint density at radius 3 is 2.56 bits per heavy atom. The molecule has 0 saturated heterocycles. The second-order valence-electron chi connectivity index (χ2n) is 7.53. The number of anilines is 1. The second-order valence-corrected chi connectivity index (χ2v) is 7.53. The fourth-order valence-corrected chi connectivity index (χ4v) is 3.84. The van der Waals surface area contributed by atoms with Crippen LogP contribution in [0.5, 0.6) is 0 Å². The lowest BCUT2D eigenvalue weighted by atomic mass is 9.88. The van der Waals surface area contributed by atoms with Crippen molar-refractivity contribution in [3.8, 4) is 11.3 Å². The third-order valence-electron chi connectivity index (χ3n) is 5.43. The van der Waals surface area contributed by atoms with E-state index in [4.69, 9.17) is 0 Å². The number of unbranched alkanes of at least 4 members (excludes halogenated alkanes) is 2. The number of pyridine rings is 1. The number of carbonyl (C=O) groups is 1. The van der Waals surface area contributed by atoms with E-state index in [1.807, 2.05) is 36.5 Å². The van der Waals surface area contributed by atoms with Gasteiger partial charge in [-0.15, -0.1) is 0 Å². The lowest BCUT2D eigenvalue weighted by Gasteiger charge is -2.21. The monoisotopic (exact) mass is 366 g/mol. The number of aryl methyl sites for hydroxylation is 1. The van der Waals surface area contributed by atoms with Gasteiger partial charge in [-0.3, -0.25) is 9.59 Å². The van der Waals surface area contributed by atoms with Crippen LogP contribution in [-0.4, -0.2) is 10.5 Å². The third-order valence-corrected chi connectivity index (χ3v) is 5.43. The predicted molar refractivity (Wildman–Crippen MR) is 111 cm³/mol. The first-order valence-electron chi connectivity index (χ1n) is 10.3. The number of rotatable bonds is 7. The van der Waals surface area contributed by atoms with E-state index in [-0.39, 0.29) is 17.3 Å². The molecule has 1 heterocycles. The van der Waals surface area contributed by atoms with Crippen LogP contribution >= 0.6 is 0 Å². The molecule has 4 heteroatoms. The summed E-state index contributed by atoms with van der Waals surface area (Å²) in [5.74, 6) is 0.0415. The molecule has 1 aliphatic carbocycles. The van der Waals surface area contributed by atoms with Crippen molar-refractivity contribution in [2.24, 2.45) is 5.92 Å². The number of amides is 1. The Morgan fingerprint density at radius 2 is 1.85 bits per heavy atom. The standard InChI is InChI=1S/C23H30N2O2/c1-2-3-10-15-25-17-20(24-23(27)19-13-8-5-9-14-19)22(26)16-21(25)18-11-6-4-7-12-18/h4,6-7,11-12,16-17,19H,2-3,5,8-10,13-15H2,1H3,(H,24,27). The molecular formula is C23H30N2O2. The van der Waals surface area contributed by atoms with Gasteiger partial charge in [0.1, 0.15) is 5.69 Å². The summed E-state index contributed by atoms with van der Waals surface area (Å²) in [6, 6.07) is 11.6. The van der Waals surface area contributed by atoms with Crippen molar-refractivity contribution in [2.45, 2.75) is 64.8 Å². The zero-order chi connectivity index (χ0) is 19.1. The number of carbonyl (C=O) groups excluding carboxylic acids is 1. The maximum absolute atomic E-state index is 12.7. The number of benzene rings is 1. The van der Waals surface area contributed by atoms with Gasteiger partial charge in [0.25, 0.3) is 0 Å². The first-order valence-corrected chi connectivity index (χ1v) is 10.3. The minimum Gasteiger partial charge on any atom is -0.345 e. The highest BCUT2D eigenvalue weighted by molar-refractivity contribution is 5.92. The average molecular weight is 367 g/mol. The van der Waals surface area contributed by atoms with E-state index in [0.29, 0.717) is 5.69 Å². The summed E-state index contributed by atoms with van der Waals surface area (Å²) < 4.78 is 2.11. The summed E-state index contributed by atoms with van der Waals surface area (Å²) in [5, 5.41) is 2.92. The number of hydrogen-bond acceptors (Lipinski definition) is 2. The number of aromatic nitrogens is 1. The zero-order valence-electron chi connectivity index (χ0n) is 16.2. The summed E-state index contributed by atoms with van der Waals surface area (Å²) >= 11 is 0. The molecule has 4 nitrogen and oxygen atoms in total. The Balaban J connectivity index is 1.87. The average Bonchev–Trinajstić information content (AvgIpc) is 2.71. The minimum atomic E-state index is -0.121. The van der Waals surface area contributed by atoms with Crippen molar-refractivity contribution >= 4 is 11.6 Å². The van der Waals surface area contributed by atoms with Crippen molar-refractivity contribution in [1.82, 2.24) is 4.57 Å². The zero-order valence-corrected chi connectivity index (χ0v) is 16.2. The van der Waals surface area contributed by atoms with Crippen LogP contribution < -0.4 is 10.7 Å². The molecule has 0 atom stereocenters. The van der Waals surface area contributed by atoms with Crippen molar-refractivity contribution in [3.63, 3.8) is 0 Å². The fraction of sp³-hybridized carbons (Fsp3) is 0.478. The van der Waals surface area contributed by atoms with Gasteiger partial charge in [0.05, 0.1) is 5.69 Å². The van der Waals surface area contributed by atoms with E-state index in [9.17, 15) is 9.59 Å². The smallest absolute Gasteiger partial charge is 0.227 e. The Labute approximate surface area is 161 Å². The first-order chi connectivity index (χ1) is 13.2. The van der Waals surface area contributed by atoms with Crippen LogP contribution in [0.3, 0.4) is 0 Å². The fourth-order valence-electron chi connectivity index (χ4n) is 3.84. The number of nitrogens with one attached hydrogen (secondary N) is 1. The highest BCUT2D eigenvalue weighted by Gasteiger charge is 2.22. The molecule has 0 radical (unpaired) electrons. The van der Waals surface area contributed by atoms with E-state index >= 15 is 0 Å². The summed E-state index contributed by atoms with van der Waals surface area (Å²) in [5.41, 5.74) is 2.22. The van der Waals surface area contributed by atoms with Gasteiger partial charge in [-0.1, -0.05) is 69.4 Å². The van der Waals surface area contributed by atoms with E-state index in [1.54, 1.807) is 6.07 Å². The Bertz CT molecular complexity index is 805. The number of hydrogen-bond donors (Lipinski definition) is 1. The summed E-state index contributed by atoms with van der Waals surface area (Å²) in [6.07, 6.45) is 10.4. The predicted octanol–water partition coefficient (Wildman–Crippen LogP) is 5.22. The van der Waals surface area contributed by atoms with Crippen LogP contribution in [0.1, 0.15) is 58.3 Å². The topological polar surface area (TPSA) is 51.1 Å². The molecule has 1 aromatic carbocycles. The normalized spacial score (nSPS) is 14.9. The Hall–Kier alpha value is -2.36. The Morgan fingerprint density at radius 1 is 1.11 bits per heavy atom. The highest BCUT2D eigenvalue weighted by Crippen LogP contribution is 2.25.